The lowest BCUT2D eigenvalue weighted by Crippen LogP contribution is -1.97. The van der Waals surface area contributed by atoms with E-state index in [1.54, 1.807) is 12.3 Å². The fourth-order valence-corrected chi connectivity index (χ4v) is 2.03. The van der Waals surface area contributed by atoms with E-state index in [1.165, 1.54) is 0 Å². The standard InChI is InChI=1S/C14H13N3O/c15-8-9-4-5-16-11(6-9)12-7-10-2-1-3-13(18)14(10)17-12/h1-7,17-18H,8,15H2. The number of nitrogens with one attached hydrogen (secondary N) is 1. The minimum Gasteiger partial charge on any atom is -0.506 e. The van der Waals surface area contributed by atoms with Gasteiger partial charge >= 0.3 is 0 Å². The van der Waals surface area contributed by atoms with Crippen LogP contribution in [0.4, 0.5) is 0 Å². The summed E-state index contributed by atoms with van der Waals surface area (Å²) in [6.45, 7) is 0.487. The molecule has 2 aromatic heterocycles. The van der Waals surface area contributed by atoms with Crippen molar-refractivity contribution in [2.75, 3.05) is 0 Å². The molecule has 0 spiro atoms. The zero-order chi connectivity index (χ0) is 12.5. The third-order valence-electron chi connectivity index (χ3n) is 2.97. The van der Waals surface area contributed by atoms with Gasteiger partial charge in [0, 0.05) is 18.1 Å². The summed E-state index contributed by atoms with van der Waals surface area (Å²) >= 11 is 0. The van der Waals surface area contributed by atoms with E-state index >= 15 is 0 Å². The molecule has 90 valence electrons. The van der Waals surface area contributed by atoms with Crippen molar-refractivity contribution >= 4 is 10.9 Å². The van der Waals surface area contributed by atoms with Gasteiger partial charge in [0.15, 0.2) is 0 Å². The van der Waals surface area contributed by atoms with Crippen LogP contribution in [0.25, 0.3) is 22.3 Å². The Labute approximate surface area is 104 Å². The molecule has 1 aromatic carbocycles. The normalized spacial score (nSPS) is 10.9. The van der Waals surface area contributed by atoms with Crippen molar-refractivity contribution < 1.29 is 5.11 Å². The summed E-state index contributed by atoms with van der Waals surface area (Å²) in [5.74, 6) is 0.244. The average Bonchev–Trinajstić information content (AvgIpc) is 2.84. The third kappa shape index (κ3) is 1.72. The van der Waals surface area contributed by atoms with E-state index in [1.807, 2.05) is 30.3 Å². The largest absolute Gasteiger partial charge is 0.506 e. The number of aromatic nitrogens is 2. The molecule has 0 bridgehead atoms. The molecule has 4 N–H and O–H groups in total. The molecule has 4 nitrogen and oxygen atoms in total. The first-order valence-corrected chi connectivity index (χ1v) is 5.74. The highest BCUT2D eigenvalue weighted by Gasteiger charge is 2.07. The second-order valence-electron chi connectivity index (χ2n) is 4.18. The molecule has 3 rings (SSSR count). The fourth-order valence-electron chi connectivity index (χ4n) is 2.03. The number of pyridine rings is 1. The molecule has 0 fully saturated rings. The molecule has 18 heavy (non-hydrogen) atoms. The molecule has 0 aliphatic carbocycles. The SMILES string of the molecule is NCc1ccnc(-c2cc3cccc(O)c3[nH]2)c1. The molecular weight excluding hydrogens is 226 g/mol. The number of nitrogens with two attached hydrogens (primary N) is 1. The first-order valence-electron chi connectivity index (χ1n) is 5.74. The summed E-state index contributed by atoms with van der Waals surface area (Å²) in [6.07, 6.45) is 1.74. The fraction of sp³-hybridized carbons (Fsp3) is 0.0714. The quantitative estimate of drug-likeness (QED) is 0.642. The van der Waals surface area contributed by atoms with E-state index in [2.05, 4.69) is 9.97 Å². The molecule has 4 heteroatoms. The number of hydrogen-bond acceptors (Lipinski definition) is 3. The first kappa shape index (κ1) is 10.8. The van der Waals surface area contributed by atoms with Crippen LogP contribution in [0.15, 0.2) is 42.6 Å². The van der Waals surface area contributed by atoms with E-state index in [9.17, 15) is 5.11 Å². The molecule has 0 aliphatic heterocycles. The van der Waals surface area contributed by atoms with E-state index in [-0.39, 0.29) is 5.75 Å². The Balaban J connectivity index is 2.16. The van der Waals surface area contributed by atoms with Gasteiger partial charge in [-0.05, 0) is 29.8 Å². The second-order valence-corrected chi connectivity index (χ2v) is 4.18. The van der Waals surface area contributed by atoms with E-state index in [0.717, 1.165) is 27.9 Å². The molecular formula is C14H13N3O. The Morgan fingerprint density at radius 1 is 1.22 bits per heavy atom. The van der Waals surface area contributed by atoms with Crippen molar-refractivity contribution in [1.82, 2.24) is 9.97 Å². The van der Waals surface area contributed by atoms with Gasteiger partial charge in [0.2, 0.25) is 0 Å². The number of fused-ring (bicyclic) bond motifs is 1. The highest BCUT2D eigenvalue weighted by atomic mass is 16.3. The zero-order valence-electron chi connectivity index (χ0n) is 9.72. The Kier molecular flexibility index (Phi) is 2.50. The lowest BCUT2D eigenvalue weighted by Gasteiger charge is -2.00. The number of phenols is 1. The van der Waals surface area contributed by atoms with Crippen LogP contribution >= 0.6 is 0 Å². The summed E-state index contributed by atoms with van der Waals surface area (Å²) in [4.78, 5) is 7.49. The van der Waals surface area contributed by atoms with Gasteiger partial charge in [-0.2, -0.15) is 0 Å². The summed E-state index contributed by atoms with van der Waals surface area (Å²) in [5.41, 5.74) is 9.08. The number of H-pyrrole nitrogens is 1. The topological polar surface area (TPSA) is 74.9 Å². The summed E-state index contributed by atoms with van der Waals surface area (Å²) in [6, 6.07) is 11.2. The minimum absolute atomic E-state index is 0.244. The van der Waals surface area contributed by atoms with Gasteiger partial charge in [0.05, 0.1) is 16.9 Å². The van der Waals surface area contributed by atoms with Gasteiger partial charge in [0.1, 0.15) is 5.75 Å². The smallest absolute Gasteiger partial charge is 0.139 e. The van der Waals surface area contributed by atoms with E-state index in [0.29, 0.717) is 6.54 Å². The maximum absolute atomic E-state index is 9.76. The van der Waals surface area contributed by atoms with Crippen LogP contribution in [0.1, 0.15) is 5.56 Å². The number of nitrogens with zero attached hydrogens (tertiary/aromatic N) is 1. The van der Waals surface area contributed by atoms with Crippen molar-refractivity contribution in [3.05, 3.63) is 48.2 Å². The molecule has 0 aliphatic rings. The predicted octanol–water partition coefficient (Wildman–Crippen LogP) is 2.39. The third-order valence-corrected chi connectivity index (χ3v) is 2.97. The number of benzene rings is 1. The minimum atomic E-state index is 0.244. The summed E-state index contributed by atoms with van der Waals surface area (Å²) < 4.78 is 0. The van der Waals surface area contributed by atoms with Crippen molar-refractivity contribution in [1.29, 1.82) is 0 Å². The Bertz CT molecular complexity index is 703. The maximum atomic E-state index is 9.76. The van der Waals surface area contributed by atoms with Gasteiger partial charge in [-0.15, -0.1) is 0 Å². The Morgan fingerprint density at radius 2 is 2.11 bits per heavy atom. The van der Waals surface area contributed by atoms with Crippen molar-refractivity contribution in [2.24, 2.45) is 5.73 Å². The van der Waals surface area contributed by atoms with Crippen LogP contribution in [0.5, 0.6) is 5.75 Å². The molecule has 0 unspecified atom stereocenters. The molecule has 0 saturated carbocycles. The van der Waals surface area contributed by atoms with Crippen molar-refractivity contribution in [2.45, 2.75) is 6.54 Å². The van der Waals surface area contributed by atoms with Crippen LogP contribution in [-0.2, 0) is 6.54 Å². The van der Waals surface area contributed by atoms with Crippen LogP contribution in [0, 0.1) is 0 Å². The van der Waals surface area contributed by atoms with Crippen molar-refractivity contribution in [3.8, 4) is 17.1 Å². The number of para-hydroxylation sites is 1. The number of phenolic OH excluding ortho intramolecular Hbond substituents is 1. The molecule has 0 saturated heterocycles. The number of hydrogen-bond donors (Lipinski definition) is 3. The molecule has 0 radical (unpaired) electrons. The molecule has 0 atom stereocenters. The van der Waals surface area contributed by atoms with Crippen LogP contribution in [-0.4, -0.2) is 15.1 Å². The lowest BCUT2D eigenvalue weighted by molar-refractivity contribution is 0.480. The van der Waals surface area contributed by atoms with Gasteiger partial charge < -0.3 is 15.8 Å². The molecule has 2 heterocycles. The molecule has 3 aromatic rings. The second kappa shape index (κ2) is 4.16. The highest BCUT2D eigenvalue weighted by Crippen LogP contribution is 2.28. The zero-order valence-corrected chi connectivity index (χ0v) is 9.72. The number of rotatable bonds is 2. The van der Waals surface area contributed by atoms with Gasteiger partial charge in [-0.1, -0.05) is 12.1 Å². The van der Waals surface area contributed by atoms with Gasteiger partial charge in [-0.3, -0.25) is 4.98 Å². The first-order chi connectivity index (χ1) is 8.78. The number of aromatic hydroxyl groups is 1. The predicted molar refractivity (Wildman–Crippen MR) is 71.1 cm³/mol. The van der Waals surface area contributed by atoms with E-state index < -0.39 is 0 Å². The monoisotopic (exact) mass is 239 g/mol. The Morgan fingerprint density at radius 3 is 2.89 bits per heavy atom. The summed E-state index contributed by atoms with van der Waals surface area (Å²) in [7, 11) is 0. The maximum Gasteiger partial charge on any atom is 0.139 e. The summed E-state index contributed by atoms with van der Waals surface area (Å²) in [5, 5.41) is 10.7. The Hall–Kier alpha value is -2.33. The van der Waals surface area contributed by atoms with Gasteiger partial charge in [0.25, 0.3) is 0 Å². The lowest BCUT2D eigenvalue weighted by atomic mass is 10.2. The van der Waals surface area contributed by atoms with Crippen LogP contribution in [0.3, 0.4) is 0 Å². The van der Waals surface area contributed by atoms with Crippen LogP contribution in [0.2, 0.25) is 0 Å². The number of aromatic amines is 1. The van der Waals surface area contributed by atoms with Crippen LogP contribution < -0.4 is 5.73 Å². The van der Waals surface area contributed by atoms with E-state index in [4.69, 9.17) is 5.73 Å². The average molecular weight is 239 g/mol. The van der Waals surface area contributed by atoms with Crippen molar-refractivity contribution in [3.63, 3.8) is 0 Å². The van der Waals surface area contributed by atoms with Gasteiger partial charge in [-0.25, -0.2) is 0 Å². The molecule has 0 amide bonds. The highest BCUT2D eigenvalue weighted by molar-refractivity contribution is 5.89.